The lowest BCUT2D eigenvalue weighted by molar-refractivity contribution is 0.281. The van der Waals surface area contributed by atoms with Gasteiger partial charge in [0, 0.05) is 18.3 Å². The molecule has 1 aromatic carbocycles. The molecule has 4 nitrogen and oxygen atoms in total. The predicted molar refractivity (Wildman–Crippen MR) is 64.6 cm³/mol. The standard InChI is InChI=1S/C13H14N2O2/c14-7-11-4-5-15-8-13(11)17-12-3-1-2-10(6-12)9-16/h1-6,8,16H,7,9,14H2. The second-order valence-electron chi connectivity index (χ2n) is 3.60. The summed E-state index contributed by atoms with van der Waals surface area (Å²) in [5, 5.41) is 9.04. The van der Waals surface area contributed by atoms with Crippen LogP contribution in [0.2, 0.25) is 0 Å². The second-order valence-corrected chi connectivity index (χ2v) is 3.60. The fraction of sp³-hybridized carbons (Fsp3) is 0.154. The molecule has 1 heterocycles. The zero-order valence-corrected chi connectivity index (χ0v) is 9.34. The summed E-state index contributed by atoms with van der Waals surface area (Å²) in [7, 11) is 0. The van der Waals surface area contributed by atoms with Crippen LogP contribution in [0, 0.1) is 0 Å². The zero-order valence-electron chi connectivity index (χ0n) is 9.34. The molecule has 0 spiro atoms. The molecule has 0 amide bonds. The number of pyridine rings is 1. The Labute approximate surface area is 99.7 Å². The van der Waals surface area contributed by atoms with E-state index < -0.39 is 0 Å². The van der Waals surface area contributed by atoms with Crippen molar-refractivity contribution in [2.24, 2.45) is 5.73 Å². The molecule has 2 rings (SSSR count). The highest BCUT2D eigenvalue weighted by atomic mass is 16.5. The highest BCUT2D eigenvalue weighted by molar-refractivity contribution is 5.36. The summed E-state index contributed by atoms with van der Waals surface area (Å²) in [6.45, 7) is 0.394. The largest absolute Gasteiger partial charge is 0.455 e. The Morgan fingerprint density at radius 2 is 2.18 bits per heavy atom. The van der Waals surface area contributed by atoms with Crippen LogP contribution in [-0.4, -0.2) is 10.1 Å². The molecule has 0 fully saturated rings. The van der Waals surface area contributed by atoms with Gasteiger partial charge in [0.05, 0.1) is 12.8 Å². The fourth-order valence-electron chi connectivity index (χ4n) is 1.50. The molecule has 0 aliphatic rings. The molecule has 2 aromatic rings. The van der Waals surface area contributed by atoms with E-state index in [4.69, 9.17) is 15.6 Å². The molecule has 4 heteroatoms. The number of aliphatic hydroxyl groups excluding tert-OH is 1. The van der Waals surface area contributed by atoms with Crippen LogP contribution in [0.5, 0.6) is 11.5 Å². The Morgan fingerprint density at radius 3 is 2.94 bits per heavy atom. The number of ether oxygens (including phenoxy) is 1. The van der Waals surface area contributed by atoms with Crippen molar-refractivity contribution >= 4 is 0 Å². The molecule has 0 bridgehead atoms. The van der Waals surface area contributed by atoms with Gasteiger partial charge in [-0.05, 0) is 23.8 Å². The fourth-order valence-corrected chi connectivity index (χ4v) is 1.50. The summed E-state index contributed by atoms with van der Waals surface area (Å²) in [4.78, 5) is 4.00. The topological polar surface area (TPSA) is 68.4 Å². The number of hydrogen-bond acceptors (Lipinski definition) is 4. The summed E-state index contributed by atoms with van der Waals surface area (Å²) in [6.07, 6.45) is 3.31. The van der Waals surface area contributed by atoms with Gasteiger partial charge in [-0.2, -0.15) is 0 Å². The number of aromatic nitrogens is 1. The maximum Gasteiger partial charge on any atom is 0.150 e. The molecule has 88 valence electrons. The number of aliphatic hydroxyl groups is 1. The first-order chi connectivity index (χ1) is 8.33. The van der Waals surface area contributed by atoms with E-state index in [1.807, 2.05) is 24.3 Å². The van der Waals surface area contributed by atoms with Gasteiger partial charge in [-0.1, -0.05) is 12.1 Å². The van der Waals surface area contributed by atoms with Crippen molar-refractivity contribution in [2.45, 2.75) is 13.2 Å². The SMILES string of the molecule is NCc1ccncc1Oc1cccc(CO)c1. The van der Waals surface area contributed by atoms with Crippen LogP contribution >= 0.6 is 0 Å². The summed E-state index contributed by atoms with van der Waals surface area (Å²) in [5.41, 5.74) is 7.32. The minimum atomic E-state index is -0.00597. The zero-order chi connectivity index (χ0) is 12.1. The predicted octanol–water partition coefficient (Wildman–Crippen LogP) is 1.82. The number of benzene rings is 1. The van der Waals surface area contributed by atoms with Crippen molar-refractivity contribution in [3.63, 3.8) is 0 Å². The molecule has 17 heavy (non-hydrogen) atoms. The number of nitrogens with two attached hydrogens (primary N) is 1. The van der Waals surface area contributed by atoms with Crippen molar-refractivity contribution in [3.8, 4) is 11.5 Å². The van der Waals surface area contributed by atoms with Crippen LogP contribution in [0.3, 0.4) is 0 Å². The summed E-state index contributed by atoms with van der Waals surface area (Å²) in [6, 6.07) is 9.10. The van der Waals surface area contributed by atoms with E-state index in [0.717, 1.165) is 11.1 Å². The van der Waals surface area contributed by atoms with E-state index in [9.17, 15) is 0 Å². The smallest absolute Gasteiger partial charge is 0.150 e. The van der Waals surface area contributed by atoms with Crippen molar-refractivity contribution in [2.75, 3.05) is 0 Å². The van der Waals surface area contributed by atoms with E-state index in [1.54, 1.807) is 18.5 Å². The number of hydrogen-bond donors (Lipinski definition) is 2. The van der Waals surface area contributed by atoms with Crippen LogP contribution in [0.1, 0.15) is 11.1 Å². The Kier molecular flexibility index (Phi) is 3.69. The Hall–Kier alpha value is -1.91. The average molecular weight is 230 g/mol. The number of rotatable bonds is 4. The van der Waals surface area contributed by atoms with E-state index in [2.05, 4.69) is 4.98 Å². The molecule has 1 aromatic heterocycles. The minimum absolute atomic E-state index is 0.00597. The summed E-state index contributed by atoms with van der Waals surface area (Å²) < 4.78 is 5.69. The molecule has 0 saturated heterocycles. The van der Waals surface area contributed by atoms with Crippen LogP contribution < -0.4 is 10.5 Å². The van der Waals surface area contributed by atoms with Gasteiger partial charge in [-0.3, -0.25) is 4.98 Å². The molecule has 0 atom stereocenters. The van der Waals surface area contributed by atoms with Crippen molar-refractivity contribution in [3.05, 3.63) is 53.9 Å². The second kappa shape index (κ2) is 5.43. The van der Waals surface area contributed by atoms with Crippen molar-refractivity contribution < 1.29 is 9.84 Å². The Balaban J connectivity index is 2.24. The van der Waals surface area contributed by atoms with E-state index >= 15 is 0 Å². The monoisotopic (exact) mass is 230 g/mol. The molecular weight excluding hydrogens is 216 g/mol. The molecule has 3 N–H and O–H groups in total. The van der Waals surface area contributed by atoms with Crippen LogP contribution in [0.4, 0.5) is 0 Å². The average Bonchev–Trinajstić information content (AvgIpc) is 2.39. The Bertz CT molecular complexity index is 500. The van der Waals surface area contributed by atoms with Gasteiger partial charge >= 0.3 is 0 Å². The third kappa shape index (κ3) is 2.81. The van der Waals surface area contributed by atoms with Crippen molar-refractivity contribution in [1.82, 2.24) is 4.98 Å². The maximum atomic E-state index is 9.04. The van der Waals surface area contributed by atoms with Gasteiger partial charge in [-0.15, -0.1) is 0 Å². The maximum absolute atomic E-state index is 9.04. The lowest BCUT2D eigenvalue weighted by Crippen LogP contribution is -1.99. The van der Waals surface area contributed by atoms with E-state index in [1.165, 1.54) is 0 Å². The normalized spacial score (nSPS) is 10.2. The van der Waals surface area contributed by atoms with Crippen LogP contribution in [0.15, 0.2) is 42.7 Å². The number of nitrogens with zero attached hydrogens (tertiary/aromatic N) is 1. The first-order valence-corrected chi connectivity index (χ1v) is 5.34. The van der Waals surface area contributed by atoms with Gasteiger partial charge in [0.25, 0.3) is 0 Å². The molecule has 0 unspecified atom stereocenters. The molecule has 0 radical (unpaired) electrons. The van der Waals surface area contributed by atoms with Gasteiger partial charge in [0.2, 0.25) is 0 Å². The van der Waals surface area contributed by atoms with Gasteiger partial charge in [0.15, 0.2) is 0 Å². The van der Waals surface area contributed by atoms with E-state index in [0.29, 0.717) is 18.0 Å². The third-order valence-corrected chi connectivity index (χ3v) is 2.40. The van der Waals surface area contributed by atoms with Gasteiger partial charge < -0.3 is 15.6 Å². The van der Waals surface area contributed by atoms with Crippen LogP contribution in [0.25, 0.3) is 0 Å². The lowest BCUT2D eigenvalue weighted by atomic mass is 10.2. The molecule has 0 aliphatic carbocycles. The summed E-state index contributed by atoms with van der Waals surface area (Å²) >= 11 is 0. The molecule has 0 saturated carbocycles. The lowest BCUT2D eigenvalue weighted by Gasteiger charge is -2.09. The molecular formula is C13H14N2O2. The highest BCUT2D eigenvalue weighted by Gasteiger charge is 2.03. The van der Waals surface area contributed by atoms with Gasteiger partial charge in [0.1, 0.15) is 11.5 Å². The highest BCUT2D eigenvalue weighted by Crippen LogP contribution is 2.24. The first-order valence-electron chi connectivity index (χ1n) is 5.34. The first kappa shape index (κ1) is 11.6. The van der Waals surface area contributed by atoms with Crippen molar-refractivity contribution in [1.29, 1.82) is 0 Å². The minimum Gasteiger partial charge on any atom is -0.455 e. The quantitative estimate of drug-likeness (QED) is 0.840. The summed E-state index contributed by atoms with van der Waals surface area (Å²) in [5.74, 6) is 1.31. The third-order valence-electron chi connectivity index (χ3n) is 2.40. The molecule has 0 aliphatic heterocycles. The Morgan fingerprint density at radius 1 is 1.29 bits per heavy atom. The van der Waals surface area contributed by atoms with E-state index in [-0.39, 0.29) is 6.61 Å². The van der Waals surface area contributed by atoms with Gasteiger partial charge in [-0.25, -0.2) is 0 Å². The van der Waals surface area contributed by atoms with Crippen LogP contribution in [-0.2, 0) is 13.2 Å².